The Morgan fingerprint density at radius 1 is 1.29 bits per heavy atom. The van der Waals surface area contributed by atoms with Crippen LogP contribution in [0.3, 0.4) is 0 Å². The van der Waals surface area contributed by atoms with Crippen LogP contribution in [0, 0.1) is 6.92 Å². The van der Waals surface area contributed by atoms with E-state index >= 15 is 0 Å². The van der Waals surface area contributed by atoms with Gasteiger partial charge in [-0.1, -0.05) is 15.9 Å². The number of nitrogens with zero attached hydrogens (tertiary/aromatic N) is 1. The van der Waals surface area contributed by atoms with E-state index in [-0.39, 0.29) is 0 Å². The van der Waals surface area contributed by atoms with E-state index in [0.717, 1.165) is 27.2 Å². The van der Waals surface area contributed by atoms with Crippen molar-refractivity contribution < 1.29 is 4.74 Å². The fourth-order valence-electron chi connectivity index (χ4n) is 1.44. The Morgan fingerprint density at radius 3 is 2.65 bits per heavy atom. The van der Waals surface area contributed by atoms with Gasteiger partial charge in [0.25, 0.3) is 0 Å². The van der Waals surface area contributed by atoms with E-state index in [2.05, 4.69) is 20.9 Å². The first kappa shape index (κ1) is 12.1. The van der Waals surface area contributed by atoms with Crippen LogP contribution in [-0.4, -0.2) is 4.98 Å². The maximum absolute atomic E-state index is 5.80. The minimum Gasteiger partial charge on any atom is -0.457 e. The lowest BCUT2D eigenvalue weighted by Gasteiger charge is -2.10. The lowest BCUT2D eigenvalue weighted by Crippen LogP contribution is -2.01. The molecular weight excluding hydrogens is 280 g/mol. The van der Waals surface area contributed by atoms with E-state index < -0.39 is 0 Å². The van der Waals surface area contributed by atoms with E-state index in [1.165, 1.54) is 0 Å². The number of pyridine rings is 1. The third-order valence-electron chi connectivity index (χ3n) is 2.34. The van der Waals surface area contributed by atoms with E-state index in [1.54, 1.807) is 6.20 Å². The number of nitrogens with two attached hydrogens (primary N) is 1. The van der Waals surface area contributed by atoms with Crippen LogP contribution in [0.5, 0.6) is 11.5 Å². The van der Waals surface area contributed by atoms with Gasteiger partial charge >= 0.3 is 0 Å². The fraction of sp³-hybridized carbons (Fsp3) is 0.154. The van der Waals surface area contributed by atoms with Crippen molar-refractivity contribution in [3.63, 3.8) is 0 Å². The highest BCUT2D eigenvalue weighted by atomic mass is 79.9. The zero-order valence-electron chi connectivity index (χ0n) is 9.48. The molecule has 4 heteroatoms. The van der Waals surface area contributed by atoms with Crippen molar-refractivity contribution in [1.29, 1.82) is 0 Å². The van der Waals surface area contributed by atoms with Crippen molar-refractivity contribution in [2.45, 2.75) is 13.5 Å². The number of ether oxygens (including phenoxy) is 1. The molecule has 0 unspecified atom stereocenters. The van der Waals surface area contributed by atoms with Gasteiger partial charge in [-0.05, 0) is 31.2 Å². The Balaban J connectivity index is 2.28. The summed E-state index contributed by atoms with van der Waals surface area (Å²) in [5, 5.41) is 0. The summed E-state index contributed by atoms with van der Waals surface area (Å²) in [6.07, 6.45) is 1.75. The Morgan fingerprint density at radius 2 is 2.00 bits per heavy atom. The van der Waals surface area contributed by atoms with E-state index in [1.807, 2.05) is 37.3 Å². The molecule has 88 valence electrons. The first-order chi connectivity index (χ1) is 8.19. The Bertz CT molecular complexity index is 511. The zero-order valence-corrected chi connectivity index (χ0v) is 11.1. The summed E-state index contributed by atoms with van der Waals surface area (Å²) in [6, 6.07) is 9.57. The molecule has 0 saturated carbocycles. The highest BCUT2D eigenvalue weighted by Gasteiger charge is 2.05. The molecule has 1 heterocycles. The van der Waals surface area contributed by atoms with Gasteiger partial charge < -0.3 is 10.5 Å². The van der Waals surface area contributed by atoms with Gasteiger partial charge in [0.2, 0.25) is 0 Å². The lowest BCUT2D eigenvalue weighted by atomic mass is 10.2. The topological polar surface area (TPSA) is 48.1 Å². The monoisotopic (exact) mass is 292 g/mol. The maximum atomic E-state index is 5.80. The molecule has 0 aliphatic heterocycles. The zero-order chi connectivity index (χ0) is 12.3. The third-order valence-corrected chi connectivity index (χ3v) is 2.87. The molecule has 0 atom stereocenters. The van der Waals surface area contributed by atoms with Gasteiger partial charge in [-0.3, -0.25) is 4.98 Å². The van der Waals surface area contributed by atoms with Crippen molar-refractivity contribution in [3.8, 4) is 11.5 Å². The molecule has 1 aromatic heterocycles. The summed E-state index contributed by atoms with van der Waals surface area (Å²) in [4.78, 5) is 4.20. The second kappa shape index (κ2) is 5.29. The number of hydrogen-bond acceptors (Lipinski definition) is 3. The molecule has 0 fully saturated rings. The number of hydrogen-bond donors (Lipinski definition) is 1. The fourth-order valence-corrected chi connectivity index (χ4v) is 1.71. The van der Waals surface area contributed by atoms with Gasteiger partial charge in [0.1, 0.15) is 11.5 Å². The highest BCUT2D eigenvalue weighted by molar-refractivity contribution is 9.10. The van der Waals surface area contributed by atoms with Crippen LogP contribution >= 0.6 is 15.9 Å². The Kier molecular flexibility index (Phi) is 3.76. The average Bonchev–Trinajstić information content (AvgIpc) is 2.32. The lowest BCUT2D eigenvalue weighted by molar-refractivity contribution is 0.474. The number of aryl methyl sites for hydroxylation is 1. The predicted octanol–water partition coefficient (Wildman–Crippen LogP) is 3.40. The molecule has 0 aliphatic rings. The van der Waals surface area contributed by atoms with Gasteiger partial charge in [-0.15, -0.1) is 0 Å². The first-order valence-electron chi connectivity index (χ1n) is 5.28. The van der Waals surface area contributed by atoms with E-state index in [9.17, 15) is 0 Å². The molecule has 0 bridgehead atoms. The van der Waals surface area contributed by atoms with Crippen LogP contribution in [0.2, 0.25) is 0 Å². The number of rotatable bonds is 3. The SMILES string of the molecule is Cc1cc(Oc2ccc(Br)cc2)c(CN)cn1. The van der Waals surface area contributed by atoms with E-state index in [0.29, 0.717) is 6.54 Å². The molecule has 0 radical (unpaired) electrons. The van der Waals surface area contributed by atoms with Crippen molar-refractivity contribution in [2.75, 3.05) is 0 Å². The molecule has 0 saturated heterocycles. The van der Waals surface area contributed by atoms with Gasteiger partial charge in [-0.25, -0.2) is 0 Å². The number of benzene rings is 1. The van der Waals surface area contributed by atoms with E-state index in [4.69, 9.17) is 10.5 Å². The smallest absolute Gasteiger partial charge is 0.135 e. The highest BCUT2D eigenvalue weighted by Crippen LogP contribution is 2.26. The summed E-state index contributed by atoms with van der Waals surface area (Å²) in [7, 11) is 0. The van der Waals surface area contributed by atoms with Crippen LogP contribution in [0.4, 0.5) is 0 Å². The quantitative estimate of drug-likeness (QED) is 0.943. The molecular formula is C13H13BrN2O. The average molecular weight is 293 g/mol. The van der Waals surface area contributed by atoms with Crippen LogP contribution in [0.15, 0.2) is 41.0 Å². The Hall–Kier alpha value is -1.39. The van der Waals surface area contributed by atoms with Crippen molar-refractivity contribution >= 4 is 15.9 Å². The predicted molar refractivity (Wildman–Crippen MR) is 71.1 cm³/mol. The molecule has 0 amide bonds. The normalized spacial score (nSPS) is 10.3. The number of halogens is 1. The molecule has 17 heavy (non-hydrogen) atoms. The van der Waals surface area contributed by atoms with Crippen molar-refractivity contribution in [3.05, 3.63) is 52.3 Å². The Labute approximate surface area is 109 Å². The van der Waals surface area contributed by atoms with Crippen LogP contribution < -0.4 is 10.5 Å². The summed E-state index contributed by atoms with van der Waals surface area (Å²) in [5.41, 5.74) is 7.46. The maximum Gasteiger partial charge on any atom is 0.135 e. The minimum absolute atomic E-state index is 0.416. The second-order valence-electron chi connectivity index (χ2n) is 3.69. The molecule has 2 N–H and O–H groups in total. The van der Waals surface area contributed by atoms with Gasteiger partial charge in [0, 0.05) is 34.5 Å². The van der Waals surface area contributed by atoms with Crippen molar-refractivity contribution in [2.24, 2.45) is 5.73 Å². The largest absolute Gasteiger partial charge is 0.457 e. The van der Waals surface area contributed by atoms with Gasteiger partial charge in [0.15, 0.2) is 0 Å². The van der Waals surface area contributed by atoms with Crippen LogP contribution in [0.1, 0.15) is 11.3 Å². The minimum atomic E-state index is 0.416. The van der Waals surface area contributed by atoms with Crippen molar-refractivity contribution in [1.82, 2.24) is 4.98 Å². The summed E-state index contributed by atoms with van der Waals surface area (Å²) >= 11 is 3.39. The van der Waals surface area contributed by atoms with Gasteiger partial charge in [-0.2, -0.15) is 0 Å². The summed E-state index contributed by atoms with van der Waals surface area (Å²) < 4.78 is 6.82. The van der Waals surface area contributed by atoms with Crippen LogP contribution in [-0.2, 0) is 6.54 Å². The molecule has 1 aromatic carbocycles. The molecule has 3 nitrogen and oxygen atoms in total. The first-order valence-corrected chi connectivity index (χ1v) is 6.07. The molecule has 2 rings (SSSR count). The summed E-state index contributed by atoms with van der Waals surface area (Å²) in [5.74, 6) is 1.55. The number of aromatic nitrogens is 1. The molecule has 2 aromatic rings. The third kappa shape index (κ3) is 3.05. The van der Waals surface area contributed by atoms with Crippen LogP contribution in [0.25, 0.3) is 0 Å². The van der Waals surface area contributed by atoms with Gasteiger partial charge in [0.05, 0.1) is 0 Å². The second-order valence-corrected chi connectivity index (χ2v) is 4.61. The standard InChI is InChI=1S/C13H13BrN2O/c1-9-6-13(10(7-15)8-16-9)17-12-4-2-11(14)3-5-12/h2-6,8H,7,15H2,1H3. The summed E-state index contributed by atoms with van der Waals surface area (Å²) in [6.45, 7) is 2.34. The molecule has 0 aliphatic carbocycles. The molecule has 0 spiro atoms.